The predicted octanol–water partition coefficient (Wildman–Crippen LogP) is 6.14. The van der Waals surface area contributed by atoms with Crippen LogP contribution in [0, 0.1) is 11.3 Å². The van der Waals surface area contributed by atoms with Gasteiger partial charge in [-0.2, -0.15) is 0 Å². The fourth-order valence-electron chi connectivity index (χ4n) is 5.01. The quantitative estimate of drug-likeness (QED) is 0.267. The van der Waals surface area contributed by atoms with E-state index in [2.05, 4.69) is 19.7 Å². The molecule has 4 heteroatoms. The molecule has 0 spiro atoms. The molecule has 0 amide bonds. The van der Waals surface area contributed by atoms with E-state index in [1.165, 1.54) is 0 Å². The predicted molar refractivity (Wildman–Crippen MR) is 127 cm³/mol. The molecular weight excluding hydrogens is 400 g/mol. The lowest BCUT2D eigenvalue weighted by atomic mass is 9.61. The Labute approximate surface area is 191 Å². The highest BCUT2D eigenvalue weighted by atomic mass is 16.5. The highest BCUT2D eigenvalue weighted by Crippen LogP contribution is 2.58. The van der Waals surface area contributed by atoms with Crippen LogP contribution in [0.3, 0.4) is 0 Å². The van der Waals surface area contributed by atoms with E-state index in [1.54, 1.807) is 43.5 Å². The molecule has 2 aliphatic rings. The normalized spacial score (nSPS) is 24.3. The Balaban J connectivity index is 2.35. The number of hydrogen-bond acceptors (Lipinski definition) is 4. The van der Waals surface area contributed by atoms with Crippen LogP contribution in [0.5, 0.6) is 0 Å². The Morgan fingerprint density at radius 1 is 1.16 bits per heavy atom. The summed E-state index contributed by atoms with van der Waals surface area (Å²) < 4.78 is 12.5. The van der Waals surface area contributed by atoms with E-state index in [1.807, 2.05) is 26.0 Å². The van der Waals surface area contributed by atoms with Crippen molar-refractivity contribution in [2.45, 2.75) is 45.1 Å². The van der Waals surface area contributed by atoms with Crippen LogP contribution in [0.1, 0.15) is 49.9 Å². The maximum atomic E-state index is 13.7. The molecule has 32 heavy (non-hydrogen) atoms. The first-order valence-electron chi connectivity index (χ1n) is 11.0. The minimum Gasteiger partial charge on any atom is -0.500 e. The maximum absolute atomic E-state index is 13.7. The number of Topliss-reactive ketones (excluding diaryl/α,β-unsaturated/α-hetero) is 2. The lowest BCUT2D eigenvalue weighted by molar-refractivity contribution is -0.120. The van der Waals surface area contributed by atoms with Gasteiger partial charge in [0.2, 0.25) is 0 Å². The second kappa shape index (κ2) is 9.15. The van der Waals surface area contributed by atoms with Crippen molar-refractivity contribution in [2.75, 3.05) is 7.11 Å². The SMILES string of the molecule is C=CCC1=C(OC)[C@]2(CC=C)C[C@H](CC=C)C(C)(C)OC2=C(C(=O)c2ccccc2)C1=O. The summed E-state index contributed by atoms with van der Waals surface area (Å²) >= 11 is 0. The summed E-state index contributed by atoms with van der Waals surface area (Å²) in [6.07, 6.45) is 7.52. The molecule has 0 aromatic heterocycles. The lowest BCUT2D eigenvalue weighted by Gasteiger charge is -2.52. The van der Waals surface area contributed by atoms with E-state index in [-0.39, 0.29) is 23.1 Å². The molecular formula is C28H32O4. The Bertz CT molecular complexity index is 1010. The summed E-state index contributed by atoms with van der Waals surface area (Å²) in [6, 6.07) is 8.85. The molecule has 0 N–H and O–H groups in total. The van der Waals surface area contributed by atoms with Crippen LogP contribution in [0.4, 0.5) is 0 Å². The van der Waals surface area contributed by atoms with Gasteiger partial charge in [-0.3, -0.25) is 9.59 Å². The number of allylic oxidation sites excluding steroid dienone is 5. The van der Waals surface area contributed by atoms with Crippen LogP contribution in [0.15, 0.2) is 91.0 Å². The second-order valence-corrected chi connectivity index (χ2v) is 8.94. The second-order valence-electron chi connectivity index (χ2n) is 8.94. The fraction of sp³-hybridized carbons (Fsp3) is 0.357. The molecule has 3 rings (SSSR count). The van der Waals surface area contributed by atoms with Gasteiger partial charge >= 0.3 is 0 Å². The van der Waals surface area contributed by atoms with Crippen molar-refractivity contribution in [1.82, 2.24) is 0 Å². The summed E-state index contributed by atoms with van der Waals surface area (Å²) in [5, 5.41) is 0. The van der Waals surface area contributed by atoms with Gasteiger partial charge in [0, 0.05) is 17.1 Å². The van der Waals surface area contributed by atoms with Crippen LogP contribution in [-0.2, 0) is 14.3 Å². The van der Waals surface area contributed by atoms with Gasteiger partial charge in [-0.25, -0.2) is 0 Å². The minimum absolute atomic E-state index is 0.0841. The van der Waals surface area contributed by atoms with E-state index in [9.17, 15) is 9.59 Å². The third-order valence-electron chi connectivity index (χ3n) is 6.57. The Kier molecular flexibility index (Phi) is 6.73. The lowest BCUT2D eigenvalue weighted by Crippen LogP contribution is -2.50. The van der Waals surface area contributed by atoms with Crippen LogP contribution >= 0.6 is 0 Å². The largest absolute Gasteiger partial charge is 0.500 e. The summed E-state index contributed by atoms with van der Waals surface area (Å²) in [7, 11) is 1.57. The zero-order valence-corrected chi connectivity index (χ0v) is 19.3. The van der Waals surface area contributed by atoms with E-state index in [4.69, 9.17) is 9.47 Å². The number of ether oxygens (including phenoxy) is 2. The zero-order chi connectivity index (χ0) is 23.5. The number of fused-ring (bicyclic) bond motifs is 1. The van der Waals surface area contributed by atoms with E-state index >= 15 is 0 Å². The Morgan fingerprint density at radius 3 is 2.41 bits per heavy atom. The number of hydrogen-bond donors (Lipinski definition) is 0. The minimum atomic E-state index is -0.786. The molecule has 1 fully saturated rings. The van der Waals surface area contributed by atoms with E-state index in [0.29, 0.717) is 41.9 Å². The molecule has 0 bridgehead atoms. The van der Waals surface area contributed by atoms with Crippen molar-refractivity contribution in [3.8, 4) is 0 Å². The Hall–Kier alpha value is -3.14. The number of carbonyl (C=O) groups excluding carboxylic acids is 2. The number of ketones is 2. The third-order valence-corrected chi connectivity index (χ3v) is 6.57. The van der Waals surface area contributed by atoms with Gasteiger partial charge in [-0.15, -0.1) is 19.7 Å². The van der Waals surface area contributed by atoms with Gasteiger partial charge in [0.05, 0.1) is 12.5 Å². The van der Waals surface area contributed by atoms with Gasteiger partial charge in [0.1, 0.15) is 22.7 Å². The molecule has 0 radical (unpaired) electrons. The van der Waals surface area contributed by atoms with Crippen LogP contribution in [0.2, 0.25) is 0 Å². The highest BCUT2D eigenvalue weighted by Gasteiger charge is 2.57. The van der Waals surface area contributed by atoms with Crippen LogP contribution in [0.25, 0.3) is 0 Å². The number of rotatable bonds is 9. The number of carbonyl (C=O) groups is 2. The molecule has 1 heterocycles. The molecule has 0 saturated carbocycles. The van der Waals surface area contributed by atoms with Gasteiger partial charge in [0.15, 0.2) is 11.6 Å². The van der Waals surface area contributed by atoms with Crippen molar-refractivity contribution < 1.29 is 19.1 Å². The maximum Gasteiger partial charge on any atom is 0.200 e. The first-order chi connectivity index (χ1) is 15.3. The van der Waals surface area contributed by atoms with Crippen LogP contribution in [-0.4, -0.2) is 24.3 Å². The van der Waals surface area contributed by atoms with Crippen molar-refractivity contribution in [3.63, 3.8) is 0 Å². The fourth-order valence-corrected chi connectivity index (χ4v) is 5.01. The average Bonchev–Trinajstić information content (AvgIpc) is 2.77. The van der Waals surface area contributed by atoms with Gasteiger partial charge in [-0.05, 0) is 39.5 Å². The summed E-state index contributed by atoms with van der Waals surface area (Å²) in [4.78, 5) is 27.4. The first kappa shape index (κ1) is 23.5. The molecule has 1 saturated heterocycles. The zero-order valence-electron chi connectivity index (χ0n) is 19.3. The molecule has 2 atom stereocenters. The van der Waals surface area contributed by atoms with E-state index < -0.39 is 11.0 Å². The van der Waals surface area contributed by atoms with Gasteiger partial charge in [-0.1, -0.05) is 48.6 Å². The summed E-state index contributed by atoms with van der Waals surface area (Å²) in [5.74, 6) is 0.356. The summed E-state index contributed by atoms with van der Waals surface area (Å²) in [5.41, 5.74) is -0.393. The van der Waals surface area contributed by atoms with Crippen molar-refractivity contribution in [2.24, 2.45) is 11.3 Å². The standard InChI is InChI=1S/C28H32O4/c1-7-13-20-18-28(17-9-3)25(31-6)21(14-8-2)24(30)22(26(28)32-27(20,4)5)23(29)19-15-11-10-12-16-19/h7-12,15-16,20H,1-3,13-14,17-18H2,4-6H3/t20-,28-/m0/s1. The highest BCUT2D eigenvalue weighted by molar-refractivity contribution is 6.32. The first-order valence-corrected chi connectivity index (χ1v) is 11.0. The molecule has 1 aliphatic carbocycles. The Morgan fingerprint density at radius 2 is 1.84 bits per heavy atom. The van der Waals surface area contributed by atoms with Gasteiger partial charge < -0.3 is 9.47 Å². The van der Waals surface area contributed by atoms with Crippen molar-refractivity contribution >= 4 is 11.6 Å². The smallest absolute Gasteiger partial charge is 0.200 e. The topological polar surface area (TPSA) is 52.6 Å². The van der Waals surface area contributed by atoms with E-state index in [0.717, 1.165) is 6.42 Å². The molecule has 1 aliphatic heterocycles. The van der Waals surface area contributed by atoms with Gasteiger partial charge in [0.25, 0.3) is 0 Å². The monoisotopic (exact) mass is 432 g/mol. The number of benzene rings is 1. The average molecular weight is 433 g/mol. The van der Waals surface area contributed by atoms with Crippen molar-refractivity contribution in [1.29, 1.82) is 0 Å². The molecule has 1 aromatic rings. The number of methoxy groups -OCH3 is 1. The van der Waals surface area contributed by atoms with Crippen molar-refractivity contribution in [3.05, 3.63) is 96.5 Å². The molecule has 0 unspecified atom stereocenters. The molecule has 1 aromatic carbocycles. The molecule has 168 valence electrons. The summed E-state index contributed by atoms with van der Waals surface area (Å²) in [6.45, 7) is 15.7. The van der Waals surface area contributed by atoms with Crippen LogP contribution < -0.4 is 0 Å². The molecule has 4 nitrogen and oxygen atoms in total. The third kappa shape index (κ3) is 3.79.